The third-order valence-electron chi connectivity index (χ3n) is 4.63. The Hall–Kier alpha value is -2.37. The highest BCUT2D eigenvalue weighted by Gasteiger charge is 2.24. The van der Waals surface area contributed by atoms with E-state index in [9.17, 15) is 0 Å². The second kappa shape index (κ2) is 6.86. The van der Waals surface area contributed by atoms with Crippen molar-refractivity contribution in [3.8, 4) is 11.5 Å². The van der Waals surface area contributed by atoms with Gasteiger partial charge in [-0.25, -0.2) is 0 Å². The summed E-state index contributed by atoms with van der Waals surface area (Å²) in [6.45, 7) is 7.48. The highest BCUT2D eigenvalue weighted by atomic mass is 16.5. The topological polar surface area (TPSA) is 51.6 Å². The fourth-order valence-corrected chi connectivity index (χ4v) is 3.37. The molecule has 0 N–H and O–H groups in total. The van der Waals surface area contributed by atoms with E-state index in [4.69, 9.17) is 13.7 Å². The number of aryl methyl sites for hydroxylation is 2. The highest BCUT2D eigenvalue weighted by molar-refractivity contribution is 5.49. The Bertz CT molecular complexity index is 839. The molecule has 0 saturated carbocycles. The lowest BCUT2D eigenvalue weighted by Crippen LogP contribution is -2.38. The fourth-order valence-electron chi connectivity index (χ4n) is 3.37. The zero-order valence-electron chi connectivity index (χ0n) is 14.6. The first-order chi connectivity index (χ1) is 12.2. The Labute approximate surface area is 147 Å². The van der Waals surface area contributed by atoms with Gasteiger partial charge in [-0.3, -0.25) is 4.90 Å². The van der Waals surface area contributed by atoms with Gasteiger partial charge in [0, 0.05) is 25.7 Å². The minimum Gasteiger partial charge on any atom is -0.461 e. The second-order valence-corrected chi connectivity index (χ2v) is 6.61. The lowest BCUT2D eigenvalue weighted by atomic mass is 10.00. The molecule has 1 atom stereocenters. The summed E-state index contributed by atoms with van der Waals surface area (Å²) in [5.74, 6) is 1.37. The Kier molecular flexibility index (Phi) is 4.42. The zero-order chi connectivity index (χ0) is 17.2. The van der Waals surface area contributed by atoms with Gasteiger partial charge in [0.2, 0.25) is 5.76 Å². The molecule has 5 nitrogen and oxygen atoms in total. The average Bonchev–Trinajstić information content (AvgIpc) is 3.26. The van der Waals surface area contributed by atoms with E-state index in [-0.39, 0.29) is 6.10 Å². The van der Waals surface area contributed by atoms with Crippen LogP contribution < -0.4 is 0 Å². The number of hydrogen-bond donors (Lipinski definition) is 0. The van der Waals surface area contributed by atoms with Crippen LogP contribution in [0.5, 0.6) is 0 Å². The number of rotatable bonds is 4. The van der Waals surface area contributed by atoms with Gasteiger partial charge in [0.15, 0.2) is 5.76 Å². The number of nitrogens with zero attached hydrogens (tertiary/aromatic N) is 2. The molecule has 2 aromatic heterocycles. The van der Waals surface area contributed by atoms with E-state index in [1.54, 1.807) is 6.26 Å². The standard InChI is InChI=1S/C20H22N2O3/c1-14-5-6-17(15(2)10-14)20-13-22(7-9-24-20)12-16-11-19(25-21-16)18-4-3-8-23-18/h3-6,8,10-11,20H,7,9,12-13H2,1-2H3/t20-/m0/s1. The van der Waals surface area contributed by atoms with Crippen molar-refractivity contribution < 1.29 is 13.7 Å². The van der Waals surface area contributed by atoms with E-state index in [0.29, 0.717) is 11.5 Å². The molecule has 1 aliphatic heterocycles. The third-order valence-corrected chi connectivity index (χ3v) is 4.63. The van der Waals surface area contributed by atoms with E-state index in [0.717, 1.165) is 31.9 Å². The van der Waals surface area contributed by atoms with Crippen LogP contribution in [0.4, 0.5) is 0 Å². The maximum Gasteiger partial charge on any atom is 0.202 e. The monoisotopic (exact) mass is 338 g/mol. The minimum absolute atomic E-state index is 0.103. The van der Waals surface area contributed by atoms with Crippen LogP contribution >= 0.6 is 0 Å². The van der Waals surface area contributed by atoms with Gasteiger partial charge < -0.3 is 13.7 Å². The van der Waals surface area contributed by atoms with Crippen molar-refractivity contribution in [3.05, 3.63) is 65.0 Å². The molecule has 0 spiro atoms. The number of furan rings is 1. The molecule has 1 fully saturated rings. The van der Waals surface area contributed by atoms with Crippen molar-refractivity contribution in [2.45, 2.75) is 26.5 Å². The fraction of sp³-hybridized carbons (Fsp3) is 0.350. The lowest BCUT2D eigenvalue weighted by molar-refractivity contribution is -0.0337. The average molecular weight is 338 g/mol. The molecule has 0 amide bonds. The lowest BCUT2D eigenvalue weighted by Gasteiger charge is -2.33. The minimum atomic E-state index is 0.103. The van der Waals surface area contributed by atoms with Crippen molar-refractivity contribution in [2.24, 2.45) is 0 Å². The van der Waals surface area contributed by atoms with Crippen molar-refractivity contribution in [1.82, 2.24) is 10.1 Å². The molecule has 0 unspecified atom stereocenters. The number of ether oxygens (including phenoxy) is 1. The predicted molar refractivity (Wildman–Crippen MR) is 94.1 cm³/mol. The Balaban J connectivity index is 1.45. The molecule has 4 rings (SSSR count). The first kappa shape index (κ1) is 16.1. The van der Waals surface area contributed by atoms with Crippen molar-refractivity contribution >= 4 is 0 Å². The Morgan fingerprint density at radius 3 is 2.88 bits per heavy atom. The van der Waals surface area contributed by atoms with Gasteiger partial charge in [-0.15, -0.1) is 0 Å². The molecule has 0 bridgehead atoms. The second-order valence-electron chi connectivity index (χ2n) is 6.61. The van der Waals surface area contributed by atoms with E-state index in [1.807, 2.05) is 18.2 Å². The van der Waals surface area contributed by atoms with Crippen molar-refractivity contribution in [2.75, 3.05) is 19.7 Å². The molecule has 3 aromatic rings. The molecule has 5 heteroatoms. The normalized spacial score (nSPS) is 18.6. The van der Waals surface area contributed by atoms with Gasteiger partial charge in [0.25, 0.3) is 0 Å². The first-order valence-corrected chi connectivity index (χ1v) is 8.59. The van der Waals surface area contributed by atoms with Gasteiger partial charge in [-0.1, -0.05) is 28.9 Å². The quantitative estimate of drug-likeness (QED) is 0.716. The largest absolute Gasteiger partial charge is 0.461 e. The van der Waals surface area contributed by atoms with E-state index in [1.165, 1.54) is 16.7 Å². The van der Waals surface area contributed by atoms with Crippen LogP contribution in [0.15, 0.2) is 51.6 Å². The molecular formula is C20H22N2O3. The molecule has 0 aliphatic carbocycles. The molecule has 1 saturated heterocycles. The van der Waals surface area contributed by atoms with Crippen molar-refractivity contribution in [1.29, 1.82) is 0 Å². The van der Waals surface area contributed by atoms with Gasteiger partial charge >= 0.3 is 0 Å². The van der Waals surface area contributed by atoms with Crippen LogP contribution in [-0.2, 0) is 11.3 Å². The summed E-state index contributed by atoms with van der Waals surface area (Å²) < 4.78 is 16.8. The number of benzene rings is 1. The number of aromatic nitrogens is 1. The highest BCUT2D eigenvalue weighted by Crippen LogP contribution is 2.27. The maximum atomic E-state index is 6.02. The summed E-state index contributed by atoms with van der Waals surface area (Å²) in [7, 11) is 0. The summed E-state index contributed by atoms with van der Waals surface area (Å²) in [6, 6.07) is 12.2. The van der Waals surface area contributed by atoms with Crippen LogP contribution in [0.1, 0.15) is 28.5 Å². The molecule has 1 aliphatic rings. The van der Waals surface area contributed by atoms with Crippen LogP contribution in [0, 0.1) is 13.8 Å². The summed E-state index contributed by atoms with van der Waals surface area (Å²) in [4.78, 5) is 2.36. The van der Waals surface area contributed by atoms with E-state index < -0.39 is 0 Å². The van der Waals surface area contributed by atoms with Gasteiger partial charge in [0.05, 0.1) is 24.7 Å². The van der Waals surface area contributed by atoms with Crippen LogP contribution in [0.3, 0.4) is 0 Å². The molecule has 130 valence electrons. The summed E-state index contributed by atoms with van der Waals surface area (Å²) in [5.41, 5.74) is 4.75. The summed E-state index contributed by atoms with van der Waals surface area (Å²) in [6.07, 6.45) is 1.74. The van der Waals surface area contributed by atoms with Crippen LogP contribution in [0.25, 0.3) is 11.5 Å². The van der Waals surface area contributed by atoms with E-state index >= 15 is 0 Å². The zero-order valence-corrected chi connectivity index (χ0v) is 14.6. The van der Waals surface area contributed by atoms with Crippen LogP contribution in [-0.4, -0.2) is 29.8 Å². The summed E-state index contributed by atoms with van der Waals surface area (Å²) >= 11 is 0. The third kappa shape index (κ3) is 3.52. The first-order valence-electron chi connectivity index (χ1n) is 8.59. The molecular weight excluding hydrogens is 316 g/mol. The van der Waals surface area contributed by atoms with Crippen molar-refractivity contribution in [3.63, 3.8) is 0 Å². The Morgan fingerprint density at radius 1 is 1.16 bits per heavy atom. The number of morpholine rings is 1. The molecule has 0 radical (unpaired) electrons. The van der Waals surface area contributed by atoms with Crippen LogP contribution in [0.2, 0.25) is 0 Å². The SMILES string of the molecule is Cc1ccc([C@@H]2CN(Cc3cc(-c4ccco4)on3)CCO2)c(C)c1. The Morgan fingerprint density at radius 2 is 2.08 bits per heavy atom. The van der Waals surface area contributed by atoms with E-state index in [2.05, 4.69) is 42.1 Å². The molecule has 3 heterocycles. The number of hydrogen-bond acceptors (Lipinski definition) is 5. The summed E-state index contributed by atoms with van der Waals surface area (Å²) in [5, 5.41) is 4.18. The molecule has 1 aromatic carbocycles. The maximum absolute atomic E-state index is 6.02. The smallest absolute Gasteiger partial charge is 0.202 e. The van der Waals surface area contributed by atoms with Gasteiger partial charge in [-0.2, -0.15) is 0 Å². The van der Waals surface area contributed by atoms with Gasteiger partial charge in [-0.05, 0) is 37.1 Å². The predicted octanol–water partition coefficient (Wildman–Crippen LogP) is 4.12. The van der Waals surface area contributed by atoms with Gasteiger partial charge in [0.1, 0.15) is 0 Å². The molecule has 25 heavy (non-hydrogen) atoms.